The number of hydrogen-bond acceptors (Lipinski definition) is 2. The Morgan fingerprint density at radius 1 is 1.06 bits per heavy atom. The molecule has 2 N–H and O–H groups in total. The SMILES string of the molecule is CN(C)C(c1ccccc1)C1CCC(N)CC1. The van der Waals surface area contributed by atoms with Gasteiger partial charge in [0.2, 0.25) is 0 Å². The standard InChI is InChI=1S/C15H24N2/c1-17(2)15(12-6-4-3-5-7-12)13-8-10-14(16)11-9-13/h3-7,13-15H,8-11,16H2,1-2H3. The first-order valence-electron chi connectivity index (χ1n) is 6.65. The Bertz CT molecular complexity index is 326. The van der Waals surface area contributed by atoms with Crippen molar-refractivity contribution in [3.8, 4) is 0 Å². The molecule has 0 amide bonds. The zero-order valence-corrected chi connectivity index (χ0v) is 11.0. The molecule has 1 atom stereocenters. The quantitative estimate of drug-likeness (QED) is 0.868. The molecule has 0 bridgehead atoms. The molecule has 0 aromatic heterocycles. The van der Waals surface area contributed by atoms with E-state index in [1.165, 1.54) is 31.2 Å². The molecule has 0 spiro atoms. The predicted octanol–water partition coefficient (Wildman–Crippen LogP) is 2.81. The van der Waals surface area contributed by atoms with E-state index in [1.807, 2.05) is 0 Å². The van der Waals surface area contributed by atoms with Crippen molar-refractivity contribution in [1.82, 2.24) is 4.90 Å². The van der Waals surface area contributed by atoms with Crippen LogP contribution in [0.5, 0.6) is 0 Å². The molecule has 1 unspecified atom stereocenters. The lowest BCUT2D eigenvalue weighted by molar-refractivity contribution is 0.164. The molecular weight excluding hydrogens is 208 g/mol. The number of rotatable bonds is 3. The van der Waals surface area contributed by atoms with Gasteiger partial charge in [-0.3, -0.25) is 0 Å². The maximum atomic E-state index is 6.00. The average molecular weight is 232 g/mol. The van der Waals surface area contributed by atoms with E-state index < -0.39 is 0 Å². The van der Waals surface area contributed by atoms with E-state index >= 15 is 0 Å². The first-order valence-corrected chi connectivity index (χ1v) is 6.65. The number of hydrogen-bond donors (Lipinski definition) is 1. The lowest BCUT2D eigenvalue weighted by Crippen LogP contribution is -2.34. The largest absolute Gasteiger partial charge is 0.328 e. The highest BCUT2D eigenvalue weighted by Crippen LogP contribution is 2.36. The van der Waals surface area contributed by atoms with E-state index in [0.717, 1.165) is 5.92 Å². The number of nitrogens with zero attached hydrogens (tertiary/aromatic N) is 1. The van der Waals surface area contributed by atoms with E-state index in [4.69, 9.17) is 5.73 Å². The van der Waals surface area contributed by atoms with Crippen molar-refractivity contribution in [2.45, 2.75) is 37.8 Å². The van der Waals surface area contributed by atoms with Crippen LogP contribution in [0.3, 0.4) is 0 Å². The molecule has 2 heteroatoms. The third kappa shape index (κ3) is 3.08. The number of benzene rings is 1. The zero-order valence-electron chi connectivity index (χ0n) is 11.0. The molecule has 0 heterocycles. The molecule has 1 aromatic carbocycles. The second-order valence-corrected chi connectivity index (χ2v) is 5.49. The summed E-state index contributed by atoms with van der Waals surface area (Å²) in [5, 5.41) is 0. The van der Waals surface area contributed by atoms with Crippen LogP contribution < -0.4 is 5.73 Å². The summed E-state index contributed by atoms with van der Waals surface area (Å²) in [5.74, 6) is 0.757. The van der Waals surface area contributed by atoms with E-state index in [-0.39, 0.29) is 0 Å². The van der Waals surface area contributed by atoms with E-state index in [9.17, 15) is 0 Å². The molecule has 0 aliphatic heterocycles. The Morgan fingerprint density at radius 3 is 2.18 bits per heavy atom. The van der Waals surface area contributed by atoms with Crippen molar-refractivity contribution in [3.63, 3.8) is 0 Å². The van der Waals surface area contributed by atoms with Crippen molar-refractivity contribution in [2.24, 2.45) is 11.7 Å². The second-order valence-electron chi connectivity index (χ2n) is 5.49. The van der Waals surface area contributed by atoms with Crippen LogP contribution in [0.2, 0.25) is 0 Å². The van der Waals surface area contributed by atoms with Crippen LogP contribution in [-0.2, 0) is 0 Å². The fourth-order valence-corrected chi connectivity index (χ4v) is 3.10. The van der Waals surface area contributed by atoms with Crippen molar-refractivity contribution in [2.75, 3.05) is 14.1 Å². The van der Waals surface area contributed by atoms with Gasteiger partial charge in [-0.25, -0.2) is 0 Å². The summed E-state index contributed by atoms with van der Waals surface area (Å²) >= 11 is 0. The Labute approximate surface area is 105 Å². The van der Waals surface area contributed by atoms with Gasteiger partial charge in [-0.05, 0) is 51.3 Å². The third-order valence-electron chi connectivity index (χ3n) is 3.96. The van der Waals surface area contributed by atoms with Gasteiger partial charge in [0.25, 0.3) is 0 Å². The number of nitrogens with two attached hydrogens (primary N) is 1. The monoisotopic (exact) mass is 232 g/mol. The van der Waals surface area contributed by atoms with Gasteiger partial charge in [0.1, 0.15) is 0 Å². The molecule has 2 rings (SSSR count). The van der Waals surface area contributed by atoms with Crippen molar-refractivity contribution < 1.29 is 0 Å². The highest BCUT2D eigenvalue weighted by atomic mass is 15.1. The Morgan fingerprint density at radius 2 is 1.65 bits per heavy atom. The van der Waals surface area contributed by atoms with Gasteiger partial charge < -0.3 is 10.6 Å². The molecule has 1 saturated carbocycles. The van der Waals surface area contributed by atoms with Crippen molar-refractivity contribution in [1.29, 1.82) is 0 Å². The first kappa shape index (κ1) is 12.6. The van der Waals surface area contributed by atoms with E-state index in [2.05, 4.69) is 49.3 Å². The Balaban J connectivity index is 2.13. The van der Waals surface area contributed by atoms with Crippen LogP contribution in [0.15, 0.2) is 30.3 Å². The van der Waals surface area contributed by atoms with Crippen LogP contribution in [-0.4, -0.2) is 25.0 Å². The fourth-order valence-electron chi connectivity index (χ4n) is 3.10. The molecule has 0 saturated heterocycles. The zero-order chi connectivity index (χ0) is 12.3. The average Bonchev–Trinajstić information content (AvgIpc) is 2.33. The normalized spacial score (nSPS) is 27.1. The summed E-state index contributed by atoms with van der Waals surface area (Å²) in [6, 6.07) is 11.8. The van der Waals surface area contributed by atoms with Gasteiger partial charge in [-0.1, -0.05) is 30.3 Å². The summed E-state index contributed by atoms with van der Waals surface area (Å²) < 4.78 is 0. The Kier molecular flexibility index (Phi) is 4.19. The van der Waals surface area contributed by atoms with Gasteiger partial charge in [0.05, 0.1) is 0 Å². The minimum Gasteiger partial charge on any atom is -0.328 e. The molecule has 1 aromatic rings. The second kappa shape index (κ2) is 5.65. The topological polar surface area (TPSA) is 29.3 Å². The van der Waals surface area contributed by atoms with Crippen LogP contribution in [0, 0.1) is 5.92 Å². The maximum Gasteiger partial charge on any atom is 0.0370 e. The van der Waals surface area contributed by atoms with Gasteiger partial charge in [0, 0.05) is 12.1 Å². The van der Waals surface area contributed by atoms with Gasteiger partial charge >= 0.3 is 0 Å². The molecule has 17 heavy (non-hydrogen) atoms. The minimum absolute atomic E-state index is 0.435. The summed E-state index contributed by atoms with van der Waals surface area (Å²) in [7, 11) is 4.37. The highest BCUT2D eigenvalue weighted by molar-refractivity contribution is 5.20. The summed E-state index contributed by atoms with van der Waals surface area (Å²) in [4.78, 5) is 2.36. The van der Waals surface area contributed by atoms with Crippen LogP contribution in [0.4, 0.5) is 0 Å². The molecule has 1 aliphatic rings. The molecule has 1 aliphatic carbocycles. The molecule has 2 nitrogen and oxygen atoms in total. The molecular formula is C15H24N2. The highest BCUT2D eigenvalue weighted by Gasteiger charge is 2.28. The van der Waals surface area contributed by atoms with Gasteiger partial charge in [0.15, 0.2) is 0 Å². The van der Waals surface area contributed by atoms with Crippen LogP contribution in [0.25, 0.3) is 0 Å². The van der Waals surface area contributed by atoms with Crippen LogP contribution in [0.1, 0.15) is 37.3 Å². The summed E-state index contributed by atoms with van der Waals surface area (Å²) in [5.41, 5.74) is 7.44. The van der Waals surface area contributed by atoms with E-state index in [1.54, 1.807) is 0 Å². The summed E-state index contributed by atoms with van der Waals surface area (Å²) in [6.07, 6.45) is 4.89. The first-order chi connectivity index (χ1) is 8.18. The minimum atomic E-state index is 0.435. The van der Waals surface area contributed by atoms with Gasteiger partial charge in [-0.15, -0.1) is 0 Å². The lowest BCUT2D eigenvalue weighted by Gasteiger charge is -2.36. The Hall–Kier alpha value is -0.860. The maximum absolute atomic E-state index is 6.00. The summed E-state index contributed by atoms with van der Waals surface area (Å²) in [6.45, 7) is 0. The van der Waals surface area contributed by atoms with Gasteiger partial charge in [-0.2, -0.15) is 0 Å². The fraction of sp³-hybridized carbons (Fsp3) is 0.600. The third-order valence-corrected chi connectivity index (χ3v) is 3.96. The smallest absolute Gasteiger partial charge is 0.0370 e. The predicted molar refractivity (Wildman–Crippen MR) is 72.8 cm³/mol. The van der Waals surface area contributed by atoms with Crippen molar-refractivity contribution in [3.05, 3.63) is 35.9 Å². The lowest BCUT2D eigenvalue weighted by atomic mass is 9.79. The van der Waals surface area contributed by atoms with Crippen molar-refractivity contribution >= 4 is 0 Å². The molecule has 94 valence electrons. The molecule has 1 fully saturated rings. The molecule has 0 radical (unpaired) electrons. The van der Waals surface area contributed by atoms with Crippen LogP contribution >= 0.6 is 0 Å². The van der Waals surface area contributed by atoms with E-state index in [0.29, 0.717) is 12.1 Å².